The zero-order chi connectivity index (χ0) is 10.8. The maximum absolute atomic E-state index is 6.25. The Morgan fingerprint density at radius 3 is 2.73 bits per heavy atom. The fraction of sp³-hybridized carbons (Fsp3) is 0.500. The molecule has 2 rings (SSSR count). The van der Waals surface area contributed by atoms with Gasteiger partial charge < -0.3 is 10.6 Å². The summed E-state index contributed by atoms with van der Waals surface area (Å²) in [6, 6.07) is 6.95. The number of anilines is 1. The van der Waals surface area contributed by atoms with Gasteiger partial charge in [0.2, 0.25) is 0 Å². The third-order valence-corrected chi connectivity index (χ3v) is 3.22. The predicted molar refractivity (Wildman–Crippen MR) is 65.6 cm³/mol. The van der Waals surface area contributed by atoms with Gasteiger partial charge in [-0.3, -0.25) is 0 Å². The minimum Gasteiger partial charge on any atom is -0.370 e. The SMILES string of the molecule is CN(c1ccc(CCN)cc1Cl)C1CC1. The van der Waals surface area contributed by atoms with Crippen LogP contribution in [0.4, 0.5) is 5.69 Å². The number of rotatable bonds is 4. The fourth-order valence-corrected chi connectivity index (χ4v) is 2.15. The molecule has 2 nitrogen and oxygen atoms in total. The van der Waals surface area contributed by atoms with Crippen molar-refractivity contribution in [1.29, 1.82) is 0 Å². The highest BCUT2D eigenvalue weighted by molar-refractivity contribution is 6.33. The topological polar surface area (TPSA) is 29.3 Å². The molecule has 0 aliphatic heterocycles. The molecule has 1 fully saturated rings. The lowest BCUT2D eigenvalue weighted by atomic mass is 10.1. The van der Waals surface area contributed by atoms with Gasteiger partial charge >= 0.3 is 0 Å². The second-order valence-electron chi connectivity index (χ2n) is 4.17. The summed E-state index contributed by atoms with van der Waals surface area (Å²) in [6.07, 6.45) is 3.47. The molecule has 1 saturated carbocycles. The lowest BCUT2D eigenvalue weighted by molar-refractivity contribution is 0.913. The number of nitrogens with zero attached hydrogens (tertiary/aromatic N) is 1. The van der Waals surface area contributed by atoms with Gasteiger partial charge in [-0.2, -0.15) is 0 Å². The van der Waals surface area contributed by atoms with Crippen molar-refractivity contribution in [2.75, 3.05) is 18.5 Å². The summed E-state index contributed by atoms with van der Waals surface area (Å²) in [5.74, 6) is 0. The first-order valence-corrected chi connectivity index (χ1v) is 5.81. The van der Waals surface area contributed by atoms with Crippen molar-refractivity contribution in [1.82, 2.24) is 0 Å². The first kappa shape index (κ1) is 10.8. The second-order valence-corrected chi connectivity index (χ2v) is 4.57. The first-order chi connectivity index (χ1) is 7.22. The predicted octanol–water partition coefficient (Wildman–Crippen LogP) is 2.44. The summed E-state index contributed by atoms with van der Waals surface area (Å²) >= 11 is 6.25. The van der Waals surface area contributed by atoms with Gasteiger partial charge in [-0.15, -0.1) is 0 Å². The van der Waals surface area contributed by atoms with Gasteiger partial charge in [-0.1, -0.05) is 17.7 Å². The van der Waals surface area contributed by atoms with Crippen molar-refractivity contribution >= 4 is 17.3 Å². The van der Waals surface area contributed by atoms with Crippen LogP contribution >= 0.6 is 11.6 Å². The normalized spacial score (nSPS) is 15.4. The van der Waals surface area contributed by atoms with Crippen LogP contribution in [0.15, 0.2) is 18.2 Å². The van der Waals surface area contributed by atoms with Gasteiger partial charge in [-0.05, 0) is 43.5 Å². The van der Waals surface area contributed by atoms with Gasteiger partial charge in [0.1, 0.15) is 0 Å². The Bertz CT molecular complexity index is 347. The zero-order valence-corrected chi connectivity index (χ0v) is 9.80. The minimum atomic E-state index is 0.675. The maximum Gasteiger partial charge on any atom is 0.0642 e. The Hall–Kier alpha value is -0.730. The van der Waals surface area contributed by atoms with Crippen molar-refractivity contribution in [2.24, 2.45) is 5.73 Å². The summed E-state index contributed by atoms with van der Waals surface area (Å²) < 4.78 is 0. The molecular weight excluding hydrogens is 208 g/mol. The summed E-state index contributed by atoms with van der Waals surface area (Å²) in [6.45, 7) is 0.675. The van der Waals surface area contributed by atoms with Crippen molar-refractivity contribution in [3.05, 3.63) is 28.8 Å². The van der Waals surface area contributed by atoms with E-state index in [1.165, 1.54) is 18.4 Å². The zero-order valence-electron chi connectivity index (χ0n) is 9.04. The van der Waals surface area contributed by atoms with Crippen molar-refractivity contribution in [3.8, 4) is 0 Å². The quantitative estimate of drug-likeness (QED) is 0.852. The maximum atomic E-state index is 6.25. The molecule has 1 aliphatic carbocycles. The van der Waals surface area contributed by atoms with E-state index in [0.29, 0.717) is 12.6 Å². The van der Waals surface area contributed by atoms with Crippen LogP contribution in [0.2, 0.25) is 5.02 Å². The Morgan fingerprint density at radius 2 is 2.20 bits per heavy atom. The molecule has 3 heteroatoms. The average molecular weight is 225 g/mol. The Morgan fingerprint density at radius 1 is 1.47 bits per heavy atom. The van der Waals surface area contributed by atoms with Gasteiger partial charge in [0.05, 0.1) is 10.7 Å². The summed E-state index contributed by atoms with van der Waals surface area (Å²) in [5, 5.41) is 0.843. The highest BCUT2D eigenvalue weighted by atomic mass is 35.5. The molecule has 0 unspecified atom stereocenters. The number of hydrogen-bond acceptors (Lipinski definition) is 2. The minimum absolute atomic E-state index is 0.675. The van der Waals surface area contributed by atoms with Crippen molar-refractivity contribution in [2.45, 2.75) is 25.3 Å². The fourth-order valence-electron chi connectivity index (χ4n) is 1.82. The average Bonchev–Trinajstić information content (AvgIpc) is 3.01. The Labute approximate surface area is 96.0 Å². The van der Waals surface area contributed by atoms with Crippen LogP contribution in [-0.2, 0) is 6.42 Å². The van der Waals surface area contributed by atoms with E-state index in [9.17, 15) is 0 Å². The lowest BCUT2D eigenvalue weighted by Crippen LogP contribution is -2.19. The third-order valence-electron chi connectivity index (χ3n) is 2.92. The molecule has 0 saturated heterocycles. The molecule has 15 heavy (non-hydrogen) atoms. The Kier molecular flexibility index (Phi) is 3.17. The molecule has 0 bridgehead atoms. The number of benzene rings is 1. The van der Waals surface area contributed by atoms with Gasteiger partial charge in [0.15, 0.2) is 0 Å². The number of nitrogens with two attached hydrogens (primary N) is 1. The van der Waals surface area contributed by atoms with Crippen LogP contribution in [0.25, 0.3) is 0 Å². The molecule has 1 aliphatic rings. The highest BCUT2D eigenvalue weighted by Gasteiger charge is 2.27. The van der Waals surface area contributed by atoms with E-state index in [2.05, 4.69) is 24.1 Å². The molecular formula is C12H17ClN2. The van der Waals surface area contributed by atoms with Gasteiger partial charge in [0, 0.05) is 13.1 Å². The molecule has 0 atom stereocenters. The monoisotopic (exact) mass is 224 g/mol. The first-order valence-electron chi connectivity index (χ1n) is 5.43. The van der Waals surface area contributed by atoms with E-state index >= 15 is 0 Å². The van der Waals surface area contributed by atoms with Gasteiger partial charge in [0.25, 0.3) is 0 Å². The van der Waals surface area contributed by atoms with Crippen LogP contribution in [0.3, 0.4) is 0 Å². The molecule has 82 valence electrons. The molecule has 0 spiro atoms. The molecule has 0 radical (unpaired) electrons. The molecule has 0 amide bonds. The summed E-state index contributed by atoms with van der Waals surface area (Å²) in [7, 11) is 2.11. The molecule has 0 heterocycles. The van der Waals surface area contributed by atoms with Crippen LogP contribution in [-0.4, -0.2) is 19.6 Å². The van der Waals surface area contributed by atoms with E-state index in [1.807, 2.05) is 6.07 Å². The van der Waals surface area contributed by atoms with Crippen molar-refractivity contribution in [3.63, 3.8) is 0 Å². The number of halogens is 1. The third kappa shape index (κ3) is 2.44. The molecule has 0 aromatic heterocycles. The summed E-state index contributed by atoms with van der Waals surface area (Å²) in [4.78, 5) is 2.27. The van der Waals surface area contributed by atoms with E-state index in [4.69, 9.17) is 17.3 Å². The molecule has 1 aromatic rings. The van der Waals surface area contributed by atoms with E-state index in [1.54, 1.807) is 0 Å². The van der Waals surface area contributed by atoms with Crippen LogP contribution in [0.5, 0.6) is 0 Å². The van der Waals surface area contributed by atoms with Crippen LogP contribution in [0.1, 0.15) is 18.4 Å². The van der Waals surface area contributed by atoms with E-state index < -0.39 is 0 Å². The van der Waals surface area contributed by atoms with E-state index in [-0.39, 0.29) is 0 Å². The molecule has 1 aromatic carbocycles. The molecule has 2 N–H and O–H groups in total. The Balaban J connectivity index is 2.17. The standard InChI is InChI=1S/C12H17ClN2/c1-15(10-3-4-10)12-5-2-9(6-7-14)8-11(12)13/h2,5,8,10H,3-4,6-7,14H2,1H3. The lowest BCUT2D eigenvalue weighted by Gasteiger charge is -2.20. The largest absolute Gasteiger partial charge is 0.370 e. The van der Waals surface area contributed by atoms with Crippen LogP contribution in [0, 0.1) is 0 Å². The number of hydrogen-bond donors (Lipinski definition) is 1. The van der Waals surface area contributed by atoms with Gasteiger partial charge in [-0.25, -0.2) is 0 Å². The van der Waals surface area contributed by atoms with Crippen molar-refractivity contribution < 1.29 is 0 Å². The smallest absolute Gasteiger partial charge is 0.0642 e. The highest BCUT2D eigenvalue weighted by Crippen LogP contribution is 2.34. The van der Waals surface area contributed by atoms with E-state index in [0.717, 1.165) is 17.1 Å². The summed E-state index contributed by atoms with van der Waals surface area (Å²) in [5.41, 5.74) is 7.87. The second kappa shape index (κ2) is 4.42. The van der Waals surface area contributed by atoms with Crippen LogP contribution < -0.4 is 10.6 Å².